The van der Waals surface area contributed by atoms with Gasteiger partial charge in [0.2, 0.25) is 0 Å². The molecule has 5 nitrogen and oxygen atoms in total. The van der Waals surface area contributed by atoms with Crippen LogP contribution in [0.1, 0.15) is 36.0 Å². The monoisotopic (exact) mass is 546 g/mol. The molecule has 0 spiro atoms. The van der Waals surface area contributed by atoms with E-state index >= 15 is 0 Å². The van der Waals surface area contributed by atoms with Crippen molar-refractivity contribution >= 4 is 35.5 Å². The van der Waals surface area contributed by atoms with Crippen molar-refractivity contribution in [2.75, 3.05) is 33.2 Å². The number of guanidine groups is 1. The Kier molecular flexibility index (Phi) is 9.56. The molecule has 0 bridgehead atoms. The van der Waals surface area contributed by atoms with Crippen molar-refractivity contribution in [1.82, 2.24) is 15.1 Å². The maximum Gasteiger partial charge on any atom is 0.194 e. The van der Waals surface area contributed by atoms with Gasteiger partial charge < -0.3 is 15.3 Å². The molecule has 2 aromatic rings. The first-order valence-electron chi connectivity index (χ1n) is 11.4. The summed E-state index contributed by atoms with van der Waals surface area (Å²) in [6.07, 6.45) is 5.02. The number of likely N-dealkylation sites (tertiary alicyclic amines) is 1. The van der Waals surface area contributed by atoms with Gasteiger partial charge in [-0.1, -0.05) is 60.7 Å². The normalized spacial score (nSPS) is 18.1. The molecule has 2 heterocycles. The summed E-state index contributed by atoms with van der Waals surface area (Å²) in [6.45, 7) is 5.56. The first-order valence-corrected chi connectivity index (χ1v) is 11.4. The van der Waals surface area contributed by atoms with E-state index in [2.05, 4.69) is 80.8 Å². The summed E-state index contributed by atoms with van der Waals surface area (Å²) in [4.78, 5) is 9.24. The number of piperidine rings is 1. The van der Waals surface area contributed by atoms with Crippen molar-refractivity contribution in [3.05, 3.63) is 77.4 Å². The van der Waals surface area contributed by atoms with Crippen molar-refractivity contribution < 1.29 is 5.11 Å². The van der Waals surface area contributed by atoms with Gasteiger partial charge >= 0.3 is 0 Å². The molecule has 2 aromatic carbocycles. The molecule has 1 fully saturated rings. The molecule has 2 aliphatic rings. The van der Waals surface area contributed by atoms with E-state index in [0.717, 1.165) is 64.5 Å². The Hall–Kier alpha value is -1.90. The van der Waals surface area contributed by atoms with E-state index in [9.17, 15) is 5.11 Å². The van der Waals surface area contributed by atoms with Crippen LogP contribution in [0, 0.1) is 0 Å². The highest BCUT2D eigenvalue weighted by Crippen LogP contribution is 2.22. The molecular weight excluding hydrogens is 511 g/mol. The van der Waals surface area contributed by atoms with Gasteiger partial charge in [0.15, 0.2) is 5.96 Å². The molecule has 0 radical (unpaired) electrons. The molecule has 172 valence electrons. The quantitative estimate of drug-likeness (QED) is 0.337. The van der Waals surface area contributed by atoms with Crippen LogP contribution in [0.15, 0.2) is 65.7 Å². The van der Waals surface area contributed by atoms with E-state index in [1.807, 2.05) is 7.05 Å². The molecule has 4 rings (SSSR count). The van der Waals surface area contributed by atoms with Crippen LogP contribution in [0.2, 0.25) is 0 Å². The molecule has 32 heavy (non-hydrogen) atoms. The lowest BCUT2D eigenvalue weighted by Gasteiger charge is -2.30. The fraction of sp³-hybridized carbons (Fsp3) is 0.423. The molecule has 6 heteroatoms. The van der Waals surface area contributed by atoms with Crippen LogP contribution in [-0.2, 0) is 13.1 Å². The number of aliphatic imine (C=N–C) groups is 1. The molecule has 0 unspecified atom stereocenters. The number of hydrogen-bond acceptors (Lipinski definition) is 3. The predicted molar refractivity (Wildman–Crippen MR) is 143 cm³/mol. The summed E-state index contributed by atoms with van der Waals surface area (Å²) < 4.78 is 0. The van der Waals surface area contributed by atoms with Crippen molar-refractivity contribution in [2.24, 2.45) is 4.99 Å². The molecule has 0 aromatic heterocycles. The minimum absolute atomic E-state index is 0. The van der Waals surface area contributed by atoms with Crippen LogP contribution >= 0.6 is 24.0 Å². The van der Waals surface area contributed by atoms with Crippen LogP contribution in [0.5, 0.6) is 0 Å². The highest BCUT2D eigenvalue weighted by Gasteiger charge is 2.17. The number of aliphatic hydroxyl groups is 1. The van der Waals surface area contributed by atoms with E-state index in [1.165, 1.54) is 22.3 Å². The molecule has 1 saturated heterocycles. The van der Waals surface area contributed by atoms with Crippen LogP contribution in [0.25, 0.3) is 5.57 Å². The lowest BCUT2D eigenvalue weighted by Crippen LogP contribution is -2.43. The minimum atomic E-state index is -0.112. The number of aliphatic hydroxyl groups excluding tert-OH is 1. The molecule has 2 N–H and O–H groups in total. The summed E-state index contributed by atoms with van der Waals surface area (Å²) in [5, 5.41) is 13.2. The van der Waals surface area contributed by atoms with E-state index in [1.54, 1.807) is 0 Å². The largest absolute Gasteiger partial charge is 0.393 e. The number of halogens is 1. The average Bonchev–Trinajstić information content (AvgIpc) is 2.83. The molecule has 2 aliphatic heterocycles. The molecule has 0 atom stereocenters. The Balaban J connectivity index is 0.00000289. The van der Waals surface area contributed by atoms with Gasteiger partial charge in [-0.05, 0) is 41.5 Å². The third kappa shape index (κ3) is 6.80. The predicted octanol–water partition coefficient (Wildman–Crippen LogP) is 4.13. The Morgan fingerprint density at radius 3 is 2.31 bits per heavy atom. The molecule has 0 saturated carbocycles. The number of rotatable bonds is 5. The van der Waals surface area contributed by atoms with Gasteiger partial charge in [0.25, 0.3) is 0 Å². The zero-order valence-corrected chi connectivity index (χ0v) is 21.2. The Morgan fingerprint density at radius 1 is 1.00 bits per heavy atom. The smallest absolute Gasteiger partial charge is 0.194 e. The molecule has 0 amide bonds. The fourth-order valence-electron chi connectivity index (χ4n) is 4.39. The first-order chi connectivity index (χ1) is 15.2. The summed E-state index contributed by atoms with van der Waals surface area (Å²) in [5.41, 5.74) is 5.34. The second-order valence-corrected chi connectivity index (χ2v) is 8.52. The highest BCUT2D eigenvalue weighted by atomic mass is 127. The Morgan fingerprint density at radius 2 is 1.69 bits per heavy atom. The highest BCUT2D eigenvalue weighted by molar-refractivity contribution is 14.0. The van der Waals surface area contributed by atoms with E-state index < -0.39 is 0 Å². The van der Waals surface area contributed by atoms with Crippen molar-refractivity contribution in [1.29, 1.82) is 0 Å². The van der Waals surface area contributed by atoms with Crippen LogP contribution in [0.4, 0.5) is 0 Å². The summed E-state index contributed by atoms with van der Waals surface area (Å²) in [6, 6.07) is 19.5. The summed E-state index contributed by atoms with van der Waals surface area (Å²) in [7, 11) is 1.86. The number of nitrogens with zero attached hydrogens (tertiary/aromatic N) is 3. The van der Waals surface area contributed by atoms with Crippen LogP contribution in [-0.4, -0.2) is 60.2 Å². The molecule has 0 aliphatic carbocycles. The average molecular weight is 546 g/mol. The van der Waals surface area contributed by atoms with Gasteiger partial charge in [0.05, 0.1) is 6.10 Å². The second kappa shape index (κ2) is 12.4. The Labute approximate surface area is 209 Å². The summed E-state index contributed by atoms with van der Waals surface area (Å²) in [5.74, 6) is 0.958. The SMILES string of the molecule is CN=C(NCc1ccc(CN2CCC(O)CC2)cc1)N1CC=C(c2ccccc2)CC1.I. The topological polar surface area (TPSA) is 51.1 Å². The maximum atomic E-state index is 9.66. The zero-order chi connectivity index (χ0) is 21.5. The number of hydrogen-bond donors (Lipinski definition) is 2. The third-order valence-electron chi connectivity index (χ3n) is 6.30. The van der Waals surface area contributed by atoms with E-state index in [0.29, 0.717) is 0 Å². The van der Waals surface area contributed by atoms with E-state index in [-0.39, 0.29) is 30.1 Å². The zero-order valence-electron chi connectivity index (χ0n) is 18.9. The maximum absolute atomic E-state index is 9.66. The van der Waals surface area contributed by atoms with Crippen LogP contribution in [0.3, 0.4) is 0 Å². The van der Waals surface area contributed by atoms with Crippen molar-refractivity contribution in [3.8, 4) is 0 Å². The standard InChI is InChI=1S/C26H34N4O.HI/c1-27-26(30-17-11-24(12-18-30)23-5-3-2-4-6-23)28-19-21-7-9-22(10-8-21)20-29-15-13-25(31)14-16-29;/h2-11,25,31H,12-20H2,1H3,(H,27,28);1H. The Bertz CT molecular complexity index is 890. The van der Waals surface area contributed by atoms with Gasteiger partial charge in [-0.25, -0.2) is 0 Å². The van der Waals surface area contributed by atoms with Gasteiger partial charge in [-0.15, -0.1) is 24.0 Å². The van der Waals surface area contributed by atoms with Gasteiger partial charge in [0, 0.05) is 46.3 Å². The van der Waals surface area contributed by atoms with Gasteiger partial charge in [-0.2, -0.15) is 0 Å². The molecular formula is C26H35IN4O. The minimum Gasteiger partial charge on any atom is -0.393 e. The lowest BCUT2D eigenvalue weighted by atomic mass is 10.00. The second-order valence-electron chi connectivity index (χ2n) is 8.52. The third-order valence-corrected chi connectivity index (χ3v) is 6.30. The lowest BCUT2D eigenvalue weighted by molar-refractivity contribution is 0.0792. The van der Waals surface area contributed by atoms with Gasteiger partial charge in [0.1, 0.15) is 0 Å². The van der Waals surface area contributed by atoms with Gasteiger partial charge in [-0.3, -0.25) is 9.89 Å². The van der Waals surface area contributed by atoms with Crippen molar-refractivity contribution in [2.45, 2.75) is 38.5 Å². The summed E-state index contributed by atoms with van der Waals surface area (Å²) >= 11 is 0. The number of benzene rings is 2. The first kappa shape index (κ1) is 24.7. The van der Waals surface area contributed by atoms with Crippen molar-refractivity contribution in [3.63, 3.8) is 0 Å². The number of nitrogens with one attached hydrogen (secondary N) is 1. The fourth-order valence-corrected chi connectivity index (χ4v) is 4.39. The van der Waals surface area contributed by atoms with Crippen LogP contribution < -0.4 is 5.32 Å². The van der Waals surface area contributed by atoms with E-state index in [4.69, 9.17) is 0 Å².